The van der Waals surface area contributed by atoms with Gasteiger partial charge in [0.1, 0.15) is 18.2 Å². The zero-order valence-electron chi connectivity index (χ0n) is 24.6. The van der Waals surface area contributed by atoms with Gasteiger partial charge in [-0.1, -0.05) is 123 Å². The lowest BCUT2D eigenvalue weighted by Crippen LogP contribution is -2.74. The maximum absolute atomic E-state index is 12.9. The lowest BCUT2D eigenvalue weighted by atomic mass is 9.89. The molecule has 1 amide bonds. The number of alkyl halides is 3. The number of rotatable bonds is 7. The highest BCUT2D eigenvalue weighted by atomic mass is 35.6. The molecule has 9 nitrogen and oxygen atoms in total. The molecule has 3 heterocycles. The number of aliphatic hydroxyl groups is 1. The smallest absolute Gasteiger partial charge is 0.278 e. The number of hydrogen-bond donors (Lipinski definition) is 4. The third-order valence-corrected chi connectivity index (χ3v) is 14.0. The lowest BCUT2D eigenvalue weighted by Gasteiger charge is -2.48. The van der Waals surface area contributed by atoms with E-state index < -0.39 is 48.0 Å². The minimum absolute atomic E-state index is 0.147. The van der Waals surface area contributed by atoms with E-state index in [9.17, 15) is 9.90 Å². The highest BCUT2D eigenvalue weighted by molar-refractivity contribution is 6.99. The maximum Gasteiger partial charge on any atom is 0.278 e. The first-order valence-electron chi connectivity index (χ1n) is 14.3. The minimum Gasteiger partial charge on any atom is -0.405 e. The van der Waals surface area contributed by atoms with Crippen molar-refractivity contribution in [3.63, 3.8) is 0 Å². The Morgan fingerprint density at radius 3 is 2.23 bits per heavy atom. The highest BCUT2D eigenvalue weighted by Gasteiger charge is 2.66. The van der Waals surface area contributed by atoms with Gasteiger partial charge in [-0.2, -0.15) is 0 Å². The van der Waals surface area contributed by atoms with E-state index in [2.05, 4.69) is 67.6 Å². The molecule has 43 heavy (non-hydrogen) atoms. The predicted molar refractivity (Wildman–Crippen MR) is 173 cm³/mol. The Hall–Kier alpha value is -2.31. The first-order valence-corrected chi connectivity index (χ1v) is 17.3. The fraction of sp³-hybridized carbons (Fsp3) is 0.467. The summed E-state index contributed by atoms with van der Waals surface area (Å²) in [7, 11) is -2.95. The fourth-order valence-corrected chi connectivity index (χ4v) is 11.4. The molecule has 2 aromatic rings. The topological polar surface area (TPSA) is 107 Å². The molecular formula is C30H38Cl3N5O4Si. The Kier molecular flexibility index (Phi) is 8.87. The van der Waals surface area contributed by atoms with Crippen molar-refractivity contribution in [3.8, 4) is 0 Å². The molecule has 2 saturated heterocycles. The third-order valence-electron chi connectivity index (χ3n) is 8.45. The molecule has 1 spiro atoms. The van der Waals surface area contributed by atoms with Crippen molar-refractivity contribution in [2.24, 2.45) is 4.99 Å². The summed E-state index contributed by atoms with van der Waals surface area (Å²) < 4.78 is 10.9. The lowest BCUT2D eigenvalue weighted by molar-refractivity contribution is -0.119. The summed E-state index contributed by atoms with van der Waals surface area (Å²) in [5.41, 5.74) is -1.16. The third kappa shape index (κ3) is 5.56. The van der Waals surface area contributed by atoms with Crippen LogP contribution in [0.2, 0.25) is 5.04 Å². The molecule has 0 aliphatic carbocycles. The molecule has 3 aliphatic rings. The predicted octanol–water partition coefficient (Wildman–Crippen LogP) is 2.60. The Morgan fingerprint density at radius 2 is 1.72 bits per heavy atom. The summed E-state index contributed by atoms with van der Waals surface area (Å²) in [5, 5.41) is 23.1. The van der Waals surface area contributed by atoms with Gasteiger partial charge in [0.05, 0.1) is 25.0 Å². The molecule has 13 heteroatoms. The van der Waals surface area contributed by atoms with Crippen LogP contribution in [0, 0.1) is 0 Å². The van der Waals surface area contributed by atoms with E-state index in [0.29, 0.717) is 12.4 Å². The summed E-state index contributed by atoms with van der Waals surface area (Å²) in [6.45, 7) is 13.3. The quantitative estimate of drug-likeness (QED) is 0.266. The van der Waals surface area contributed by atoms with Gasteiger partial charge in [0.2, 0.25) is 5.96 Å². The van der Waals surface area contributed by atoms with Gasteiger partial charge in [-0.3, -0.25) is 10.1 Å². The molecule has 1 unspecified atom stereocenters. The summed E-state index contributed by atoms with van der Waals surface area (Å²) in [5.74, 6) is -0.213. The van der Waals surface area contributed by atoms with Crippen molar-refractivity contribution in [2.45, 2.75) is 66.5 Å². The van der Waals surface area contributed by atoms with Gasteiger partial charge >= 0.3 is 0 Å². The Bertz CT molecular complexity index is 1330. The molecule has 0 aromatic heterocycles. The highest BCUT2D eigenvalue weighted by Crippen LogP contribution is 2.42. The van der Waals surface area contributed by atoms with Crippen molar-refractivity contribution in [3.05, 3.63) is 73.1 Å². The van der Waals surface area contributed by atoms with Gasteiger partial charge in [0.15, 0.2) is 5.66 Å². The second-order valence-corrected chi connectivity index (χ2v) is 18.6. The van der Waals surface area contributed by atoms with E-state index in [1.165, 1.54) is 0 Å². The second-order valence-electron chi connectivity index (χ2n) is 12.0. The number of ether oxygens (including phenoxy) is 1. The van der Waals surface area contributed by atoms with Gasteiger partial charge in [-0.05, 0) is 22.3 Å². The van der Waals surface area contributed by atoms with Gasteiger partial charge in [0, 0.05) is 6.61 Å². The molecule has 2 fully saturated rings. The van der Waals surface area contributed by atoms with Crippen LogP contribution in [0.4, 0.5) is 0 Å². The van der Waals surface area contributed by atoms with E-state index in [1.54, 1.807) is 4.90 Å². The van der Waals surface area contributed by atoms with Crippen LogP contribution in [0.5, 0.6) is 0 Å². The first-order chi connectivity index (χ1) is 20.3. The van der Waals surface area contributed by atoms with Gasteiger partial charge < -0.3 is 29.8 Å². The zero-order valence-corrected chi connectivity index (χ0v) is 27.9. The number of carbonyl (C=O) groups is 1. The van der Waals surface area contributed by atoms with E-state index in [4.69, 9.17) is 49.0 Å². The maximum atomic E-state index is 12.9. The number of amides is 1. The van der Waals surface area contributed by atoms with Gasteiger partial charge in [0.25, 0.3) is 18.0 Å². The normalized spacial score (nSPS) is 27.1. The number of benzene rings is 2. The molecular weight excluding hydrogens is 629 g/mol. The van der Waals surface area contributed by atoms with E-state index in [-0.39, 0.29) is 24.1 Å². The van der Waals surface area contributed by atoms with Crippen LogP contribution < -0.4 is 26.3 Å². The number of hydrogen-bond acceptors (Lipinski definition) is 8. The monoisotopic (exact) mass is 665 g/mol. The Labute approximate surface area is 268 Å². The number of carbonyl (C=O) groups excluding carboxylic acids is 1. The molecule has 0 saturated carbocycles. The molecule has 5 rings (SSSR count). The number of aliphatic imine (C=N–C) groups is 1. The summed E-state index contributed by atoms with van der Waals surface area (Å²) in [4.78, 5) is 19.6. The molecule has 2 aromatic carbocycles. The second kappa shape index (κ2) is 11.9. The van der Waals surface area contributed by atoms with E-state index in [0.717, 1.165) is 10.4 Å². The summed E-state index contributed by atoms with van der Waals surface area (Å²) in [6, 6.07) is 19.5. The summed E-state index contributed by atoms with van der Waals surface area (Å²) in [6.07, 6.45) is -1.60. The summed E-state index contributed by atoms with van der Waals surface area (Å²) >= 11 is 17.8. The van der Waals surface area contributed by atoms with Crippen LogP contribution in [0.25, 0.3) is 0 Å². The minimum atomic E-state index is -2.95. The average Bonchev–Trinajstić information content (AvgIpc) is 3.45. The van der Waals surface area contributed by atoms with Crippen LogP contribution in [0.15, 0.2) is 78.1 Å². The zero-order chi connectivity index (χ0) is 31.2. The number of guanidine groups is 1. The van der Waals surface area contributed by atoms with E-state index in [1.807, 2.05) is 43.3 Å². The molecule has 5 atom stereocenters. The van der Waals surface area contributed by atoms with Crippen LogP contribution in [-0.4, -0.2) is 83.7 Å². The SMILES string of the molecule is C=C1N[C@H]2[C@H](CO[Si](c3ccccc3)(c3ccccc3)C(C)(C)C)N=C(NC(=O)C(Cl)(Cl)Cl)N3C[C@H](OCC)[C@H](O)C23N1. The largest absolute Gasteiger partial charge is 0.405 e. The van der Waals surface area contributed by atoms with Crippen LogP contribution >= 0.6 is 34.8 Å². The molecule has 3 aliphatic heterocycles. The fourth-order valence-electron chi connectivity index (χ4n) is 6.71. The molecule has 0 radical (unpaired) electrons. The molecule has 232 valence electrons. The molecule has 4 N–H and O–H groups in total. The van der Waals surface area contributed by atoms with Crippen molar-refractivity contribution in [2.75, 3.05) is 19.8 Å². The van der Waals surface area contributed by atoms with Crippen molar-refractivity contribution < 1.29 is 19.1 Å². The standard InChI is InChI=1S/C30H38Cl3N5O4Si/c1-6-41-23-17-38-27(36-26(40)30(31,32)33)35-22(24-29(38,25(23)39)37-19(2)34-24)18-42-43(28(3,4)5,20-13-9-7-10-14-20)21-15-11-8-12-16-21/h7-16,22-25,34,37,39H,2,6,17-18H2,1,3-5H3,(H,35,36,40)/t22-,23-,24-,25-,29?/m0/s1. The van der Waals surface area contributed by atoms with E-state index >= 15 is 0 Å². The van der Waals surface area contributed by atoms with Crippen LogP contribution in [0.3, 0.4) is 0 Å². The molecule has 0 bridgehead atoms. The number of aliphatic hydroxyl groups excluding tert-OH is 1. The number of nitrogens with one attached hydrogen (secondary N) is 3. The van der Waals surface area contributed by atoms with Crippen LogP contribution in [-0.2, 0) is 14.0 Å². The van der Waals surface area contributed by atoms with Gasteiger partial charge in [-0.25, -0.2) is 4.99 Å². The van der Waals surface area contributed by atoms with Gasteiger partial charge in [-0.15, -0.1) is 0 Å². The Balaban J connectivity index is 1.61. The number of nitrogens with zero attached hydrogens (tertiary/aromatic N) is 2. The van der Waals surface area contributed by atoms with Crippen molar-refractivity contribution in [1.29, 1.82) is 0 Å². The van der Waals surface area contributed by atoms with Crippen molar-refractivity contribution >= 4 is 65.4 Å². The number of halogens is 3. The first kappa shape index (κ1) is 32.1. The average molecular weight is 667 g/mol. The van der Waals surface area contributed by atoms with Crippen molar-refractivity contribution in [1.82, 2.24) is 20.9 Å². The van der Waals surface area contributed by atoms with Crippen LogP contribution in [0.1, 0.15) is 27.7 Å². The Morgan fingerprint density at radius 1 is 1.14 bits per heavy atom.